The third-order valence-electron chi connectivity index (χ3n) is 3.82. The number of carbonyl (C=O) groups is 1. The van der Waals surface area contributed by atoms with Gasteiger partial charge in [-0.15, -0.1) is 0 Å². The molecule has 0 atom stereocenters. The molecule has 0 amide bonds. The Morgan fingerprint density at radius 2 is 1.46 bits per heavy atom. The number of carbonyl (C=O) groups excluding carboxylic acids is 1. The van der Waals surface area contributed by atoms with E-state index >= 15 is 0 Å². The van der Waals surface area contributed by atoms with Crippen LogP contribution in [0.15, 0.2) is 36.4 Å². The number of ether oxygens (including phenoxy) is 5. The van der Waals surface area contributed by atoms with E-state index in [1.54, 1.807) is 31.4 Å². The van der Waals surface area contributed by atoms with Gasteiger partial charge in [0, 0.05) is 7.11 Å². The molecule has 0 N–H and O–H groups in total. The molecule has 6 nitrogen and oxygen atoms in total. The molecule has 0 fully saturated rings. The zero-order valence-electron chi connectivity index (χ0n) is 15.5. The maximum Gasteiger partial charge on any atom is 0.315 e. The molecule has 0 aromatic heterocycles. The van der Waals surface area contributed by atoms with Gasteiger partial charge in [0.05, 0.1) is 34.4 Å². The van der Waals surface area contributed by atoms with Crippen molar-refractivity contribution in [3.63, 3.8) is 0 Å². The molecule has 2 aromatic rings. The van der Waals surface area contributed by atoms with Crippen molar-refractivity contribution in [2.45, 2.75) is 12.8 Å². The van der Waals surface area contributed by atoms with Crippen molar-refractivity contribution < 1.29 is 28.5 Å². The Morgan fingerprint density at radius 1 is 0.846 bits per heavy atom. The van der Waals surface area contributed by atoms with Crippen LogP contribution in [0, 0.1) is 0 Å². The molecule has 2 rings (SSSR count). The topological polar surface area (TPSA) is 63.2 Å². The Bertz CT molecular complexity index is 699. The molecule has 26 heavy (non-hydrogen) atoms. The molecule has 140 valence electrons. The molecule has 6 heteroatoms. The van der Waals surface area contributed by atoms with Gasteiger partial charge in [-0.05, 0) is 41.8 Å². The molecule has 0 aliphatic heterocycles. The molecule has 0 unspecified atom stereocenters. The summed E-state index contributed by atoms with van der Waals surface area (Å²) in [6.45, 7) is 0.653. The van der Waals surface area contributed by atoms with Gasteiger partial charge in [0.1, 0.15) is 5.75 Å². The Labute approximate surface area is 153 Å². The summed E-state index contributed by atoms with van der Waals surface area (Å²) in [7, 11) is 6.26. The van der Waals surface area contributed by atoms with Crippen LogP contribution in [0.25, 0.3) is 0 Å². The van der Waals surface area contributed by atoms with Crippen LogP contribution >= 0.6 is 0 Å². The smallest absolute Gasteiger partial charge is 0.315 e. The predicted octanol–water partition coefficient (Wildman–Crippen LogP) is 3.05. The van der Waals surface area contributed by atoms with E-state index in [0.717, 1.165) is 12.0 Å². The van der Waals surface area contributed by atoms with E-state index in [-0.39, 0.29) is 12.4 Å². The second kappa shape index (κ2) is 9.68. The van der Waals surface area contributed by atoms with E-state index in [9.17, 15) is 4.79 Å². The van der Waals surface area contributed by atoms with E-state index < -0.39 is 0 Å². The fourth-order valence-corrected chi connectivity index (χ4v) is 2.52. The second-order valence-electron chi connectivity index (χ2n) is 5.57. The molecule has 0 spiro atoms. The van der Waals surface area contributed by atoms with Crippen molar-refractivity contribution in [3.05, 3.63) is 47.5 Å². The van der Waals surface area contributed by atoms with Gasteiger partial charge >= 0.3 is 5.97 Å². The number of methoxy groups -OCH3 is 4. The van der Waals surface area contributed by atoms with Gasteiger partial charge in [-0.1, -0.05) is 12.1 Å². The van der Waals surface area contributed by atoms with E-state index in [4.69, 9.17) is 23.7 Å². The first-order chi connectivity index (χ1) is 12.6. The number of rotatable bonds is 9. The normalized spacial score (nSPS) is 10.3. The minimum atomic E-state index is -0.371. The van der Waals surface area contributed by atoms with E-state index in [1.165, 1.54) is 21.3 Å². The second-order valence-corrected chi connectivity index (χ2v) is 5.57. The summed E-state index contributed by atoms with van der Waals surface area (Å²) in [4.78, 5) is 12.2. The van der Waals surface area contributed by atoms with Gasteiger partial charge < -0.3 is 23.7 Å². The molecular formula is C20H24O6. The van der Waals surface area contributed by atoms with Crippen LogP contribution in [-0.2, 0) is 22.4 Å². The van der Waals surface area contributed by atoms with Crippen LogP contribution in [0.1, 0.15) is 11.1 Å². The molecule has 0 aliphatic carbocycles. The average molecular weight is 360 g/mol. The lowest BCUT2D eigenvalue weighted by atomic mass is 10.1. The quantitative estimate of drug-likeness (QED) is 0.506. The number of hydrogen-bond acceptors (Lipinski definition) is 6. The molecule has 0 radical (unpaired) electrons. The monoisotopic (exact) mass is 360 g/mol. The van der Waals surface area contributed by atoms with Crippen LogP contribution < -0.4 is 18.9 Å². The maximum absolute atomic E-state index is 12.2. The van der Waals surface area contributed by atoms with E-state index in [0.29, 0.717) is 35.2 Å². The maximum atomic E-state index is 12.2. The first kappa shape index (κ1) is 19.6. The van der Waals surface area contributed by atoms with E-state index in [1.807, 2.05) is 12.1 Å². The average Bonchev–Trinajstić information content (AvgIpc) is 2.66. The third-order valence-corrected chi connectivity index (χ3v) is 3.82. The van der Waals surface area contributed by atoms with Crippen LogP contribution in [0.3, 0.4) is 0 Å². The highest BCUT2D eigenvalue weighted by molar-refractivity contribution is 5.76. The van der Waals surface area contributed by atoms with Gasteiger partial charge in [0.2, 0.25) is 5.75 Å². The van der Waals surface area contributed by atoms with Crippen molar-refractivity contribution in [2.75, 3.05) is 35.0 Å². The lowest BCUT2D eigenvalue weighted by molar-refractivity contribution is -0.133. The lowest BCUT2D eigenvalue weighted by Gasteiger charge is -2.14. The van der Waals surface area contributed by atoms with Crippen molar-refractivity contribution in [3.8, 4) is 23.0 Å². The van der Waals surface area contributed by atoms with Crippen LogP contribution in [0.2, 0.25) is 0 Å². The Hall–Kier alpha value is -2.73. The molecule has 0 saturated heterocycles. The standard InChI is InChI=1S/C20H24O6/c1-22-10-9-14-5-7-16(8-6-14)26-19(21)13-15-11-17(23-2)20(25-4)18(12-15)24-3/h5-8,11-12H,9-10,13H2,1-4H3. The fourth-order valence-electron chi connectivity index (χ4n) is 2.52. The first-order valence-corrected chi connectivity index (χ1v) is 8.18. The number of benzene rings is 2. The summed E-state index contributed by atoms with van der Waals surface area (Å²) in [5.41, 5.74) is 1.83. The minimum absolute atomic E-state index is 0.0855. The zero-order chi connectivity index (χ0) is 18.9. The third kappa shape index (κ3) is 5.13. The highest BCUT2D eigenvalue weighted by Crippen LogP contribution is 2.38. The summed E-state index contributed by atoms with van der Waals surface area (Å²) in [6.07, 6.45) is 0.901. The molecule has 0 heterocycles. The van der Waals surface area contributed by atoms with Gasteiger partial charge in [-0.25, -0.2) is 0 Å². The Kier molecular flexibility index (Phi) is 7.29. The highest BCUT2D eigenvalue weighted by Gasteiger charge is 2.15. The summed E-state index contributed by atoms with van der Waals surface area (Å²) in [5, 5.41) is 0. The van der Waals surface area contributed by atoms with Crippen molar-refractivity contribution >= 4 is 5.97 Å². The van der Waals surface area contributed by atoms with Crippen molar-refractivity contribution in [1.29, 1.82) is 0 Å². The molecule has 2 aromatic carbocycles. The van der Waals surface area contributed by atoms with Crippen molar-refractivity contribution in [1.82, 2.24) is 0 Å². The molecule has 0 saturated carbocycles. The molecule has 0 aliphatic rings. The Balaban J connectivity index is 2.05. The summed E-state index contributed by atoms with van der Waals surface area (Å²) in [5.74, 6) is 1.61. The summed E-state index contributed by atoms with van der Waals surface area (Å²) >= 11 is 0. The predicted molar refractivity (Wildman–Crippen MR) is 97.5 cm³/mol. The minimum Gasteiger partial charge on any atom is -0.493 e. The SMILES string of the molecule is COCCc1ccc(OC(=O)Cc2cc(OC)c(OC)c(OC)c2)cc1. The van der Waals surface area contributed by atoms with Gasteiger partial charge in [-0.2, -0.15) is 0 Å². The zero-order valence-corrected chi connectivity index (χ0v) is 15.5. The summed E-state index contributed by atoms with van der Waals surface area (Å²) < 4.78 is 26.3. The van der Waals surface area contributed by atoms with Crippen molar-refractivity contribution in [2.24, 2.45) is 0 Å². The first-order valence-electron chi connectivity index (χ1n) is 8.18. The van der Waals surface area contributed by atoms with Crippen LogP contribution in [0.5, 0.6) is 23.0 Å². The Morgan fingerprint density at radius 3 is 1.96 bits per heavy atom. The number of esters is 1. The van der Waals surface area contributed by atoms with Gasteiger partial charge in [-0.3, -0.25) is 4.79 Å². The van der Waals surface area contributed by atoms with Gasteiger partial charge in [0.15, 0.2) is 11.5 Å². The van der Waals surface area contributed by atoms with Gasteiger partial charge in [0.25, 0.3) is 0 Å². The molecular weight excluding hydrogens is 336 g/mol. The number of hydrogen-bond donors (Lipinski definition) is 0. The van der Waals surface area contributed by atoms with Crippen LogP contribution in [0.4, 0.5) is 0 Å². The lowest BCUT2D eigenvalue weighted by Crippen LogP contribution is -2.11. The fraction of sp³-hybridized carbons (Fsp3) is 0.350. The highest BCUT2D eigenvalue weighted by atomic mass is 16.5. The molecule has 0 bridgehead atoms. The van der Waals surface area contributed by atoms with E-state index in [2.05, 4.69) is 0 Å². The van der Waals surface area contributed by atoms with Crippen LogP contribution in [-0.4, -0.2) is 41.0 Å². The largest absolute Gasteiger partial charge is 0.493 e. The summed E-state index contributed by atoms with van der Waals surface area (Å²) in [6, 6.07) is 10.9.